The highest BCUT2D eigenvalue weighted by atomic mass is 32.2. The van der Waals surface area contributed by atoms with Crippen molar-refractivity contribution in [2.45, 2.75) is 24.4 Å². The van der Waals surface area contributed by atoms with Crippen molar-refractivity contribution in [3.63, 3.8) is 0 Å². The molecule has 24 heavy (non-hydrogen) atoms. The molecule has 0 aliphatic heterocycles. The third kappa shape index (κ3) is 3.81. The second-order valence-corrected chi connectivity index (χ2v) is 6.66. The predicted molar refractivity (Wildman–Crippen MR) is 84.6 cm³/mol. The summed E-state index contributed by atoms with van der Waals surface area (Å²) in [7, 11) is -2.70. The van der Waals surface area contributed by atoms with Gasteiger partial charge in [-0.3, -0.25) is 4.72 Å². The lowest BCUT2D eigenvalue weighted by atomic mass is 10.1. The zero-order valence-corrected chi connectivity index (χ0v) is 13.8. The molecule has 0 atom stereocenters. The van der Waals surface area contributed by atoms with Crippen molar-refractivity contribution < 1.29 is 26.3 Å². The number of rotatable bonds is 5. The molecule has 0 saturated carbocycles. The molecule has 1 N–H and O–H groups in total. The van der Waals surface area contributed by atoms with Gasteiger partial charge < -0.3 is 4.74 Å². The Hall–Kier alpha value is -2.22. The number of hydrogen-bond donors (Lipinski definition) is 1. The van der Waals surface area contributed by atoms with Crippen molar-refractivity contribution >= 4 is 15.7 Å². The number of sulfonamides is 1. The number of aryl methyl sites for hydroxylation is 1. The van der Waals surface area contributed by atoms with Gasteiger partial charge in [0.25, 0.3) is 10.0 Å². The van der Waals surface area contributed by atoms with Crippen molar-refractivity contribution in [2.75, 3.05) is 11.8 Å². The van der Waals surface area contributed by atoms with Gasteiger partial charge in [-0.2, -0.15) is 13.2 Å². The Labute approximate surface area is 138 Å². The molecule has 0 aliphatic rings. The van der Waals surface area contributed by atoms with E-state index in [0.29, 0.717) is 17.7 Å². The summed E-state index contributed by atoms with van der Waals surface area (Å²) in [6.45, 7) is 1.82. The van der Waals surface area contributed by atoms with Gasteiger partial charge in [0.2, 0.25) is 0 Å². The average Bonchev–Trinajstić information content (AvgIpc) is 2.53. The maximum atomic E-state index is 13.0. The summed E-state index contributed by atoms with van der Waals surface area (Å²) in [5, 5.41) is 0. The van der Waals surface area contributed by atoms with Crippen LogP contribution in [0.2, 0.25) is 0 Å². The van der Waals surface area contributed by atoms with Gasteiger partial charge >= 0.3 is 6.18 Å². The summed E-state index contributed by atoms with van der Waals surface area (Å²) in [6, 6.07) is 8.58. The maximum Gasteiger partial charge on any atom is 0.418 e. The fourth-order valence-corrected chi connectivity index (χ4v) is 3.35. The number of anilines is 1. The smallest absolute Gasteiger partial charge is 0.418 e. The zero-order chi connectivity index (χ0) is 18.0. The van der Waals surface area contributed by atoms with Gasteiger partial charge in [-0.25, -0.2) is 8.42 Å². The van der Waals surface area contributed by atoms with Crippen LogP contribution in [0.4, 0.5) is 18.9 Å². The van der Waals surface area contributed by atoms with Crippen molar-refractivity contribution in [3.05, 3.63) is 53.6 Å². The molecule has 130 valence electrons. The number of para-hydroxylation sites is 1. The third-order valence-electron chi connectivity index (χ3n) is 3.42. The topological polar surface area (TPSA) is 55.4 Å². The van der Waals surface area contributed by atoms with Gasteiger partial charge in [0, 0.05) is 0 Å². The van der Waals surface area contributed by atoms with Gasteiger partial charge in [-0.05, 0) is 42.3 Å². The van der Waals surface area contributed by atoms with Crippen LogP contribution in [0.25, 0.3) is 0 Å². The molecule has 0 heterocycles. The zero-order valence-electron chi connectivity index (χ0n) is 13.0. The Balaban J connectivity index is 2.44. The first-order valence-corrected chi connectivity index (χ1v) is 8.53. The van der Waals surface area contributed by atoms with E-state index in [4.69, 9.17) is 4.74 Å². The number of ether oxygens (including phenoxy) is 1. The standard InChI is InChI=1S/C16H16F3NO3S/c1-3-11-10-12(8-9-15(11)23-2)24(21,22)20-14-7-5-4-6-13(14)16(17,18)19/h4-10,20H,3H2,1-2H3. The number of benzene rings is 2. The van der Waals surface area contributed by atoms with E-state index in [1.165, 1.54) is 37.4 Å². The Kier molecular flexibility index (Phi) is 5.08. The van der Waals surface area contributed by atoms with Crippen LogP contribution in [-0.2, 0) is 22.6 Å². The molecule has 0 aliphatic carbocycles. The van der Waals surface area contributed by atoms with E-state index >= 15 is 0 Å². The first-order valence-electron chi connectivity index (χ1n) is 7.05. The fourth-order valence-electron chi connectivity index (χ4n) is 2.22. The largest absolute Gasteiger partial charge is 0.496 e. The van der Waals surface area contributed by atoms with Crippen molar-refractivity contribution in [3.8, 4) is 5.75 Å². The quantitative estimate of drug-likeness (QED) is 0.875. The average molecular weight is 359 g/mol. The fraction of sp³-hybridized carbons (Fsp3) is 0.250. The van der Waals surface area contributed by atoms with E-state index in [1.807, 2.05) is 11.6 Å². The molecule has 0 radical (unpaired) electrons. The maximum absolute atomic E-state index is 13.0. The monoisotopic (exact) mass is 359 g/mol. The van der Waals surface area contributed by atoms with E-state index in [1.54, 1.807) is 0 Å². The summed E-state index contributed by atoms with van der Waals surface area (Å²) >= 11 is 0. The van der Waals surface area contributed by atoms with E-state index in [9.17, 15) is 21.6 Å². The lowest BCUT2D eigenvalue weighted by Gasteiger charge is -2.15. The molecular weight excluding hydrogens is 343 g/mol. The van der Waals surface area contributed by atoms with E-state index in [-0.39, 0.29) is 4.90 Å². The summed E-state index contributed by atoms with van der Waals surface area (Å²) in [4.78, 5) is -0.128. The summed E-state index contributed by atoms with van der Waals surface area (Å²) in [5.41, 5.74) is -0.916. The Bertz CT molecular complexity index is 833. The van der Waals surface area contributed by atoms with Crippen LogP contribution in [0.1, 0.15) is 18.1 Å². The normalized spacial score (nSPS) is 12.0. The minimum absolute atomic E-state index is 0.128. The molecule has 0 amide bonds. The van der Waals surface area contributed by atoms with Crippen molar-refractivity contribution in [1.82, 2.24) is 0 Å². The van der Waals surface area contributed by atoms with E-state index in [0.717, 1.165) is 12.1 Å². The number of nitrogens with one attached hydrogen (secondary N) is 1. The first-order chi connectivity index (χ1) is 11.2. The highest BCUT2D eigenvalue weighted by Gasteiger charge is 2.34. The van der Waals surface area contributed by atoms with E-state index in [2.05, 4.69) is 0 Å². The molecule has 0 saturated heterocycles. The lowest BCUT2D eigenvalue weighted by Crippen LogP contribution is -2.17. The molecule has 0 spiro atoms. The number of methoxy groups -OCH3 is 1. The number of hydrogen-bond acceptors (Lipinski definition) is 3. The predicted octanol–water partition coefficient (Wildman–Crippen LogP) is 4.08. The Morgan fingerprint density at radius 3 is 2.38 bits per heavy atom. The van der Waals surface area contributed by atoms with Crippen molar-refractivity contribution in [1.29, 1.82) is 0 Å². The highest BCUT2D eigenvalue weighted by Crippen LogP contribution is 2.35. The Morgan fingerprint density at radius 1 is 1.12 bits per heavy atom. The molecular formula is C16H16F3NO3S. The number of halogens is 3. The second kappa shape index (κ2) is 6.72. The molecule has 2 aromatic carbocycles. The van der Waals surface area contributed by atoms with Crippen LogP contribution >= 0.6 is 0 Å². The van der Waals surface area contributed by atoms with Crippen LogP contribution in [-0.4, -0.2) is 15.5 Å². The summed E-state index contributed by atoms with van der Waals surface area (Å²) in [6.07, 6.45) is -4.14. The third-order valence-corrected chi connectivity index (χ3v) is 4.78. The first kappa shape index (κ1) is 18.1. The molecule has 8 heteroatoms. The molecule has 2 aromatic rings. The van der Waals surface area contributed by atoms with Crippen molar-refractivity contribution in [2.24, 2.45) is 0 Å². The molecule has 0 aromatic heterocycles. The SMILES string of the molecule is CCc1cc(S(=O)(=O)Nc2ccccc2C(F)(F)F)ccc1OC. The minimum atomic E-state index is -4.66. The molecule has 0 unspecified atom stereocenters. The second-order valence-electron chi connectivity index (χ2n) is 4.98. The Morgan fingerprint density at radius 2 is 1.79 bits per heavy atom. The van der Waals surface area contributed by atoms with Crippen LogP contribution < -0.4 is 9.46 Å². The summed E-state index contributed by atoms with van der Waals surface area (Å²) < 4.78 is 71.0. The van der Waals surface area contributed by atoms with E-state index < -0.39 is 27.5 Å². The van der Waals surface area contributed by atoms with Gasteiger partial charge in [-0.1, -0.05) is 19.1 Å². The molecule has 0 fully saturated rings. The van der Waals surface area contributed by atoms with Crippen LogP contribution in [0.3, 0.4) is 0 Å². The molecule has 4 nitrogen and oxygen atoms in total. The summed E-state index contributed by atoms with van der Waals surface area (Å²) in [5.74, 6) is 0.521. The van der Waals surface area contributed by atoms with Gasteiger partial charge in [0.05, 0.1) is 23.3 Å². The van der Waals surface area contributed by atoms with Crippen LogP contribution in [0.15, 0.2) is 47.4 Å². The highest BCUT2D eigenvalue weighted by molar-refractivity contribution is 7.92. The van der Waals surface area contributed by atoms with Crippen LogP contribution in [0, 0.1) is 0 Å². The lowest BCUT2D eigenvalue weighted by molar-refractivity contribution is -0.136. The molecule has 2 rings (SSSR count). The number of alkyl halides is 3. The van der Waals surface area contributed by atoms with Gasteiger partial charge in [0.15, 0.2) is 0 Å². The van der Waals surface area contributed by atoms with Gasteiger partial charge in [-0.15, -0.1) is 0 Å². The minimum Gasteiger partial charge on any atom is -0.496 e. The van der Waals surface area contributed by atoms with Gasteiger partial charge in [0.1, 0.15) is 5.75 Å². The van der Waals surface area contributed by atoms with Crippen LogP contribution in [0.5, 0.6) is 5.75 Å². The molecule has 0 bridgehead atoms.